The molecule has 2 heterocycles. The third-order valence-electron chi connectivity index (χ3n) is 2.98. The van der Waals surface area contributed by atoms with Gasteiger partial charge in [0.15, 0.2) is 0 Å². The van der Waals surface area contributed by atoms with Crippen molar-refractivity contribution >= 4 is 11.7 Å². The van der Waals surface area contributed by atoms with E-state index >= 15 is 0 Å². The Hall–Kier alpha value is -2.37. The molecule has 0 spiro atoms. The van der Waals surface area contributed by atoms with Crippen LogP contribution in [0.15, 0.2) is 24.4 Å². The van der Waals surface area contributed by atoms with Gasteiger partial charge in [-0.05, 0) is 39.0 Å². The van der Waals surface area contributed by atoms with Gasteiger partial charge in [0.2, 0.25) is 0 Å². The minimum Gasteiger partial charge on any atom is -0.384 e. The fourth-order valence-corrected chi connectivity index (χ4v) is 2.01. The van der Waals surface area contributed by atoms with Gasteiger partial charge in [-0.2, -0.15) is 5.10 Å². The maximum absolute atomic E-state index is 12.0. The molecule has 3 N–H and O–H groups in total. The highest BCUT2D eigenvalue weighted by atomic mass is 16.1. The fourth-order valence-electron chi connectivity index (χ4n) is 2.01. The van der Waals surface area contributed by atoms with Crippen molar-refractivity contribution in [1.29, 1.82) is 0 Å². The molecular formula is C14H19N5O. The molecule has 0 aliphatic rings. The van der Waals surface area contributed by atoms with Crippen LogP contribution in [0.4, 0.5) is 5.82 Å². The fraction of sp³-hybridized carbons (Fsp3) is 0.357. The number of aromatic nitrogens is 3. The van der Waals surface area contributed by atoms with Crippen molar-refractivity contribution in [2.45, 2.75) is 33.4 Å². The smallest absolute Gasteiger partial charge is 0.253 e. The Morgan fingerprint density at radius 2 is 2.20 bits per heavy atom. The average Bonchev–Trinajstić information content (AvgIpc) is 2.68. The molecule has 0 fully saturated rings. The monoisotopic (exact) mass is 273 g/mol. The predicted octanol–water partition coefficient (Wildman–Crippen LogP) is 1.30. The van der Waals surface area contributed by atoms with Gasteiger partial charge >= 0.3 is 0 Å². The van der Waals surface area contributed by atoms with E-state index in [4.69, 9.17) is 5.73 Å². The summed E-state index contributed by atoms with van der Waals surface area (Å²) in [7, 11) is 0. The summed E-state index contributed by atoms with van der Waals surface area (Å²) < 4.78 is 1.89. The van der Waals surface area contributed by atoms with Crippen LogP contribution < -0.4 is 11.1 Å². The SMILES string of the molecule is Cc1cc(C)n(C[C@@H](C)NC(=O)c2ccc(N)nc2)n1. The van der Waals surface area contributed by atoms with Crippen molar-refractivity contribution in [2.75, 3.05) is 5.73 Å². The van der Waals surface area contributed by atoms with Crippen LogP contribution in [0.3, 0.4) is 0 Å². The van der Waals surface area contributed by atoms with Crippen LogP contribution in [0.25, 0.3) is 0 Å². The van der Waals surface area contributed by atoms with Crippen molar-refractivity contribution < 1.29 is 4.79 Å². The third kappa shape index (κ3) is 3.34. The molecule has 0 aromatic carbocycles. The first-order chi connectivity index (χ1) is 9.45. The molecule has 0 unspecified atom stereocenters. The van der Waals surface area contributed by atoms with Gasteiger partial charge < -0.3 is 11.1 Å². The summed E-state index contributed by atoms with van der Waals surface area (Å²) in [6, 6.07) is 5.25. The van der Waals surface area contributed by atoms with Crippen molar-refractivity contribution in [3.63, 3.8) is 0 Å². The highest BCUT2D eigenvalue weighted by Crippen LogP contribution is 2.05. The molecule has 0 saturated carbocycles. The maximum Gasteiger partial charge on any atom is 0.253 e. The van der Waals surface area contributed by atoms with Gasteiger partial charge in [-0.3, -0.25) is 9.48 Å². The Morgan fingerprint density at radius 1 is 1.45 bits per heavy atom. The lowest BCUT2D eigenvalue weighted by atomic mass is 10.2. The van der Waals surface area contributed by atoms with Crippen LogP contribution in [-0.2, 0) is 6.54 Å². The van der Waals surface area contributed by atoms with Crippen LogP contribution in [0, 0.1) is 13.8 Å². The van der Waals surface area contributed by atoms with E-state index < -0.39 is 0 Å². The Labute approximate surface area is 118 Å². The molecule has 0 aliphatic carbocycles. The van der Waals surface area contributed by atoms with Crippen LogP contribution in [0.2, 0.25) is 0 Å². The van der Waals surface area contributed by atoms with E-state index in [0.717, 1.165) is 11.4 Å². The Bertz CT molecular complexity index is 603. The molecule has 1 atom stereocenters. The summed E-state index contributed by atoms with van der Waals surface area (Å²) in [6.07, 6.45) is 1.47. The lowest BCUT2D eigenvalue weighted by Crippen LogP contribution is -2.36. The van der Waals surface area contributed by atoms with Crippen LogP contribution in [-0.4, -0.2) is 26.7 Å². The Balaban J connectivity index is 1.97. The molecule has 6 heteroatoms. The van der Waals surface area contributed by atoms with Gasteiger partial charge in [0.25, 0.3) is 5.91 Å². The third-order valence-corrected chi connectivity index (χ3v) is 2.98. The number of carbonyl (C=O) groups excluding carboxylic acids is 1. The molecule has 2 aromatic rings. The molecule has 1 amide bonds. The first-order valence-corrected chi connectivity index (χ1v) is 6.49. The van der Waals surface area contributed by atoms with Gasteiger partial charge in [0.05, 0.1) is 17.8 Å². The standard InChI is InChI=1S/C14H19N5O/c1-9-6-11(3)19(18-9)8-10(2)17-14(20)12-4-5-13(15)16-7-12/h4-7,10H,8H2,1-3H3,(H2,15,16)(H,17,20)/t10-/m1/s1. The topological polar surface area (TPSA) is 85.8 Å². The molecule has 2 aromatic heterocycles. The largest absolute Gasteiger partial charge is 0.384 e. The minimum absolute atomic E-state index is 0.0296. The highest BCUT2D eigenvalue weighted by Gasteiger charge is 2.12. The van der Waals surface area contributed by atoms with E-state index in [1.54, 1.807) is 12.1 Å². The number of hydrogen-bond acceptors (Lipinski definition) is 4. The number of carbonyl (C=O) groups is 1. The lowest BCUT2D eigenvalue weighted by molar-refractivity contribution is 0.0935. The number of pyridine rings is 1. The number of rotatable bonds is 4. The van der Waals surface area contributed by atoms with E-state index in [9.17, 15) is 4.79 Å². The van der Waals surface area contributed by atoms with Crippen molar-refractivity contribution in [1.82, 2.24) is 20.1 Å². The predicted molar refractivity (Wildman–Crippen MR) is 77.3 cm³/mol. The zero-order valence-corrected chi connectivity index (χ0v) is 11.9. The highest BCUT2D eigenvalue weighted by molar-refractivity contribution is 5.94. The van der Waals surface area contributed by atoms with Crippen molar-refractivity contribution in [3.05, 3.63) is 41.3 Å². The van der Waals surface area contributed by atoms with Gasteiger partial charge in [0, 0.05) is 17.9 Å². The molecule has 0 radical (unpaired) electrons. The number of amides is 1. The second kappa shape index (κ2) is 5.73. The number of nitrogens with two attached hydrogens (primary N) is 1. The molecule has 6 nitrogen and oxygen atoms in total. The van der Waals surface area contributed by atoms with Crippen LogP contribution in [0.5, 0.6) is 0 Å². The van der Waals surface area contributed by atoms with Gasteiger partial charge in [-0.25, -0.2) is 4.98 Å². The van der Waals surface area contributed by atoms with E-state index in [0.29, 0.717) is 17.9 Å². The second-order valence-electron chi connectivity index (χ2n) is 4.96. The molecule has 20 heavy (non-hydrogen) atoms. The number of aryl methyl sites for hydroxylation is 2. The Morgan fingerprint density at radius 3 is 2.75 bits per heavy atom. The number of nitrogens with one attached hydrogen (secondary N) is 1. The second-order valence-corrected chi connectivity index (χ2v) is 4.96. The maximum atomic E-state index is 12.0. The van der Waals surface area contributed by atoms with Gasteiger partial charge in [-0.15, -0.1) is 0 Å². The number of nitrogen functional groups attached to an aromatic ring is 1. The summed E-state index contributed by atoms with van der Waals surface area (Å²) in [5, 5.41) is 7.30. The normalized spacial score (nSPS) is 12.2. The summed E-state index contributed by atoms with van der Waals surface area (Å²) in [6.45, 7) is 6.53. The van der Waals surface area contributed by atoms with E-state index in [2.05, 4.69) is 15.4 Å². The summed E-state index contributed by atoms with van der Waals surface area (Å²) in [5.41, 5.74) is 8.05. The lowest BCUT2D eigenvalue weighted by Gasteiger charge is -2.15. The summed E-state index contributed by atoms with van der Waals surface area (Å²) >= 11 is 0. The average molecular weight is 273 g/mol. The molecule has 0 saturated heterocycles. The Kier molecular flexibility index (Phi) is 4.02. The zero-order chi connectivity index (χ0) is 14.7. The molecule has 2 rings (SSSR count). The first kappa shape index (κ1) is 14.0. The van der Waals surface area contributed by atoms with E-state index in [-0.39, 0.29) is 11.9 Å². The van der Waals surface area contributed by atoms with E-state index in [1.807, 2.05) is 31.5 Å². The zero-order valence-electron chi connectivity index (χ0n) is 11.9. The number of anilines is 1. The first-order valence-electron chi connectivity index (χ1n) is 6.49. The van der Waals surface area contributed by atoms with Gasteiger partial charge in [-0.1, -0.05) is 0 Å². The van der Waals surface area contributed by atoms with Gasteiger partial charge in [0.1, 0.15) is 5.82 Å². The molecule has 0 bridgehead atoms. The minimum atomic E-state index is -0.161. The van der Waals surface area contributed by atoms with Crippen molar-refractivity contribution in [3.8, 4) is 0 Å². The van der Waals surface area contributed by atoms with E-state index in [1.165, 1.54) is 6.20 Å². The molecule has 0 aliphatic heterocycles. The van der Waals surface area contributed by atoms with Crippen LogP contribution >= 0.6 is 0 Å². The summed E-state index contributed by atoms with van der Waals surface area (Å²) in [4.78, 5) is 15.9. The van der Waals surface area contributed by atoms with Crippen LogP contribution in [0.1, 0.15) is 28.7 Å². The number of nitrogens with zero attached hydrogens (tertiary/aromatic N) is 3. The summed E-state index contributed by atoms with van der Waals surface area (Å²) in [5.74, 6) is 0.240. The quantitative estimate of drug-likeness (QED) is 0.879. The number of hydrogen-bond donors (Lipinski definition) is 2. The molecular weight excluding hydrogens is 254 g/mol. The van der Waals surface area contributed by atoms with Crippen molar-refractivity contribution in [2.24, 2.45) is 0 Å². The molecule has 106 valence electrons.